The number of nitrogen functional groups attached to an aromatic ring is 1. The molecular weight excluding hydrogens is 276 g/mol. The first kappa shape index (κ1) is 13.8. The molecule has 2 heterocycles. The third kappa shape index (κ3) is 2.55. The second-order valence-corrected chi connectivity index (χ2v) is 5.32. The summed E-state index contributed by atoms with van der Waals surface area (Å²) in [4.78, 5) is 22.8. The summed E-state index contributed by atoms with van der Waals surface area (Å²) < 4.78 is 5.66. The number of ether oxygens (including phenoxy) is 1. The molecule has 2 aliphatic rings. The van der Waals surface area contributed by atoms with E-state index in [9.17, 15) is 14.9 Å². The highest BCUT2D eigenvalue weighted by atomic mass is 16.6. The molecule has 3 unspecified atom stereocenters. The Labute approximate surface area is 120 Å². The lowest BCUT2D eigenvalue weighted by molar-refractivity contribution is -0.385. The number of nitrogens with zero attached hydrogens (tertiary/aromatic N) is 1. The van der Waals surface area contributed by atoms with Crippen molar-refractivity contribution in [1.29, 1.82) is 0 Å². The Morgan fingerprint density at radius 3 is 2.81 bits per heavy atom. The fourth-order valence-electron chi connectivity index (χ4n) is 3.00. The number of amides is 1. The number of nitrogens with one attached hydrogen (secondary N) is 2. The molecule has 0 radical (unpaired) electrons. The number of rotatable bonds is 4. The Morgan fingerprint density at radius 1 is 1.43 bits per heavy atom. The van der Waals surface area contributed by atoms with E-state index >= 15 is 0 Å². The van der Waals surface area contributed by atoms with Gasteiger partial charge in [-0.15, -0.1) is 0 Å². The molecule has 21 heavy (non-hydrogen) atoms. The van der Waals surface area contributed by atoms with E-state index in [1.807, 2.05) is 0 Å². The monoisotopic (exact) mass is 292 g/mol. The van der Waals surface area contributed by atoms with Crippen molar-refractivity contribution in [3.05, 3.63) is 33.9 Å². The minimum Gasteiger partial charge on any atom is -0.373 e. The minimum absolute atomic E-state index is 0.00164. The van der Waals surface area contributed by atoms with Crippen LogP contribution in [0.4, 0.5) is 11.4 Å². The summed E-state index contributed by atoms with van der Waals surface area (Å²) in [5, 5.41) is 13.9. The highest BCUT2D eigenvalue weighted by Gasteiger charge is 2.41. The van der Waals surface area contributed by atoms with Crippen LogP contribution in [-0.4, -0.2) is 29.1 Å². The van der Waals surface area contributed by atoms with Crippen LogP contribution in [0.1, 0.15) is 29.6 Å². The van der Waals surface area contributed by atoms with Gasteiger partial charge < -0.3 is 15.5 Å². The van der Waals surface area contributed by atoms with Crippen LogP contribution < -0.4 is 16.6 Å². The predicted molar refractivity (Wildman–Crippen MR) is 74.7 cm³/mol. The van der Waals surface area contributed by atoms with E-state index < -0.39 is 10.8 Å². The zero-order chi connectivity index (χ0) is 15.0. The molecule has 0 aliphatic carbocycles. The Morgan fingerprint density at radius 2 is 2.24 bits per heavy atom. The molecular formula is C13H16N4O4. The summed E-state index contributed by atoms with van der Waals surface area (Å²) in [5.74, 6) is 4.81. The molecule has 0 aromatic heterocycles. The molecule has 4 N–H and O–H groups in total. The molecule has 3 atom stereocenters. The number of benzene rings is 1. The fraction of sp³-hybridized carbons (Fsp3) is 0.462. The average Bonchev–Trinajstić information content (AvgIpc) is 3.09. The second-order valence-electron chi connectivity index (χ2n) is 5.32. The zero-order valence-electron chi connectivity index (χ0n) is 11.2. The Kier molecular flexibility index (Phi) is 3.48. The van der Waals surface area contributed by atoms with Crippen LogP contribution in [0.3, 0.4) is 0 Å². The first-order valence-corrected chi connectivity index (χ1v) is 6.80. The first-order chi connectivity index (χ1) is 10.1. The lowest BCUT2D eigenvalue weighted by Gasteiger charge is -2.20. The van der Waals surface area contributed by atoms with Gasteiger partial charge in [0, 0.05) is 11.8 Å². The minimum atomic E-state index is -0.577. The topological polar surface area (TPSA) is 120 Å². The summed E-state index contributed by atoms with van der Waals surface area (Å²) in [6.07, 6.45) is 2.92. The number of hydrogen-bond donors (Lipinski definition) is 3. The SMILES string of the molecule is NNc1ccc([N+](=O)[O-])c(C(=O)NC2CC3CCC2O3)c1. The van der Waals surface area contributed by atoms with E-state index in [2.05, 4.69) is 10.7 Å². The Bertz CT molecular complexity index is 592. The lowest BCUT2D eigenvalue weighted by atomic mass is 9.95. The molecule has 2 saturated heterocycles. The lowest BCUT2D eigenvalue weighted by Crippen LogP contribution is -2.41. The highest BCUT2D eigenvalue weighted by molar-refractivity contribution is 5.99. The number of fused-ring (bicyclic) bond motifs is 2. The van der Waals surface area contributed by atoms with Gasteiger partial charge in [0.15, 0.2) is 0 Å². The summed E-state index contributed by atoms with van der Waals surface area (Å²) in [7, 11) is 0. The van der Waals surface area contributed by atoms with Gasteiger partial charge >= 0.3 is 0 Å². The van der Waals surface area contributed by atoms with Gasteiger partial charge in [-0.3, -0.25) is 20.8 Å². The predicted octanol–water partition coefficient (Wildman–Crippen LogP) is 0.930. The van der Waals surface area contributed by atoms with Crippen molar-refractivity contribution in [3.8, 4) is 0 Å². The molecule has 0 saturated carbocycles. The molecule has 1 aromatic rings. The van der Waals surface area contributed by atoms with Gasteiger partial charge in [0.25, 0.3) is 11.6 Å². The van der Waals surface area contributed by atoms with Crippen molar-refractivity contribution in [2.45, 2.75) is 37.5 Å². The maximum absolute atomic E-state index is 12.3. The molecule has 2 aliphatic heterocycles. The van der Waals surface area contributed by atoms with Gasteiger partial charge in [-0.2, -0.15) is 0 Å². The number of carbonyl (C=O) groups is 1. The van der Waals surface area contributed by atoms with Crippen LogP contribution in [0.15, 0.2) is 18.2 Å². The second kappa shape index (κ2) is 5.30. The maximum Gasteiger partial charge on any atom is 0.282 e. The summed E-state index contributed by atoms with van der Waals surface area (Å²) in [5.41, 5.74) is 2.58. The molecule has 2 bridgehead atoms. The molecule has 8 heteroatoms. The molecule has 1 aromatic carbocycles. The van der Waals surface area contributed by atoms with Gasteiger partial charge in [-0.1, -0.05) is 0 Å². The maximum atomic E-state index is 12.3. The van der Waals surface area contributed by atoms with Gasteiger partial charge in [-0.05, 0) is 31.4 Å². The van der Waals surface area contributed by atoms with Crippen molar-refractivity contribution >= 4 is 17.3 Å². The summed E-state index contributed by atoms with van der Waals surface area (Å²) in [6, 6.07) is 4.02. The molecule has 8 nitrogen and oxygen atoms in total. The van der Waals surface area contributed by atoms with E-state index in [-0.39, 0.29) is 29.5 Å². The zero-order valence-corrected chi connectivity index (χ0v) is 11.2. The number of nitrogens with two attached hydrogens (primary N) is 1. The Hall–Kier alpha value is -2.19. The molecule has 3 rings (SSSR count). The van der Waals surface area contributed by atoms with E-state index in [1.54, 1.807) is 0 Å². The van der Waals surface area contributed by atoms with Gasteiger partial charge in [0.05, 0.1) is 23.2 Å². The van der Waals surface area contributed by atoms with Crippen molar-refractivity contribution in [1.82, 2.24) is 5.32 Å². The normalized spacial score (nSPS) is 26.6. The summed E-state index contributed by atoms with van der Waals surface area (Å²) in [6.45, 7) is 0. The van der Waals surface area contributed by atoms with E-state index in [0.29, 0.717) is 5.69 Å². The first-order valence-electron chi connectivity index (χ1n) is 6.80. The van der Waals surface area contributed by atoms with Crippen molar-refractivity contribution in [2.75, 3.05) is 5.43 Å². The molecule has 2 fully saturated rings. The molecule has 0 spiro atoms. The standard InChI is InChI=1S/C13H16N4O4/c14-16-7-1-3-11(17(19)20)9(5-7)13(18)15-10-6-8-2-4-12(10)21-8/h1,3,5,8,10,12,16H,2,4,6,14H2,(H,15,18). The Balaban J connectivity index is 1.81. The fourth-order valence-corrected chi connectivity index (χ4v) is 3.00. The number of hydrazine groups is 1. The van der Waals surface area contributed by atoms with E-state index in [1.165, 1.54) is 18.2 Å². The van der Waals surface area contributed by atoms with Gasteiger partial charge in [0.2, 0.25) is 0 Å². The quantitative estimate of drug-likeness (QED) is 0.431. The smallest absolute Gasteiger partial charge is 0.282 e. The van der Waals surface area contributed by atoms with Crippen molar-refractivity contribution in [2.24, 2.45) is 5.84 Å². The van der Waals surface area contributed by atoms with Crippen LogP contribution in [0, 0.1) is 10.1 Å². The van der Waals surface area contributed by atoms with E-state index in [0.717, 1.165) is 19.3 Å². The van der Waals surface area contributed by atoms with Crippen LogP contribution in [0.5, 0.6) is 0 Å². The van der Waals surface area contributed by atoms with Crippen LogP contribution >= 0.6 is 0 Å². The largest absolute Gasteiger partial charge is 0.373 e. The number of nitro benzene ring substituents is 1. The van der Waals surface area contributed by atoms with Crippen LogP contribution in [-0.2, 0) is 4.74 Å². The summed E-state index contributed by atoms with van der Waals surface area (Å²) >= 11 is 0. The van der Waals surface area contributed by atoms with Crippen molar-refractivity contribution < 1.29 is 14.5 Å². The third-order valence-corrected chi connectivity index (χ3v) is 4.03. The number of nitro groups is 1. The van der Waals surface area contributed by atoms with Crippen LogP contribution in [0.25, 0.3) is 0 Å². The van der Waals surface area contributed by atoms with E-state index in [4.69, 9.17) is 10.6 Å². The van der Waals surface area contributed by atoms with Gasteiger partial charge in [0.1, 0.15) is 5.56 Å². The average molecular weight is 292 g/mol. The number of hydrogen-bond acceptors (Lipinski definition) is 6. The van der Waals surface area contributed by atoms with Gasteiger partial charge in [-0.25, -0.2) is 0 Å². The molecule has 1 amide bonds. The van der Waals surface area contributed by atoms with Crippen LogP contribution in [0.2, 0.25) is 0 Å². The highest BCUT2D eigenvalue weighted by Crippen LogP contribution is 2.34. The van der Waals surface area contributed by atoms with Crippen molar-refractivity contribution in [3.63, 3.8) is 0 Å². The molecule has 112 valence electrons. The number of anilines is 1. The third-order valence-electron chi connectivity index (χ3n) is 4.03. The number of carbonyl (C=O) groups excluding carboxylic acids is 1.